The Bertz CT molecular complexity index is 547. The number of guanidine groups is 1. The van der Waals surface area contributed by atoms with Crippen molar-refractivity contribution < 1.29 is 4.79 Å². The molecule has 1 heterocycles. The van der Waals surface area contributed by atoms with Gasteiger partial charge >= 0.3 is 0 Å². The number of hydrogen-bond donors (Lipinski definition) is 3. The van der Waals surface area contributed by atoms with E-state index in [9.17, 15) is 4.79 Å². The largest absolute Gasteiger partial charge is 0.357 e. The minimum atomic E-state index is 0. The second-order valence-electron chi connectivity index (χ2n) is 6.82. The second-order valence-corrected chi connectivity index (χ2v) is 6.82. The SMILES string of the molecule is CCNC(=NCCc1ccccn1)NCCNC(=O)CC1CCCCC1.I. The van der Waals surface area contributed by atoms with Crippen LogP contribution in [0.1, 0.15) is 51.1 Å². The summed E-state index contributed by atoms with van der Waals surface area (Å²) in [6.45, 7) is 4.83. The zero-order valence-corrected chi connectivity index (χ0v) is 18.7. The molecule has 1 fully saturated rings. The Kier molecular flexibility index (Phi) is 12.8. The fourth-order valence-electron chi connectivity index (χ4n) is 3.28. The molecule has 7 heteroatoms. The predicted octanol–water partition coefficient (Wildman–Crippen LogP) is 2.88. The summed E-state index contributed by atoms with van der Waals surface area (Å²) >= 11 is 0. The monoisotopic (exact) mass is 487 g/mol. The lowest BCUT2D eigenvalue weighted by Crippen LogP contribution is -2.41. The standard InChI is InChI=1S/C20H33N5O.HI/c1-2-21-20(24-13-11-18-10-6-7-12-22-18)25-15-14-23-19(26)16-17-8-4-3-5-9-17;/h6-7,10,12,17H,2-5,8-9,11,13-16H2,1H3,(H,23,26)(H2,21,24,25);1H. The van der Waals surface area contributed by atoms with E-state index in [-0.39, 0.29) is 29.9 Å². The van der Waals surface area contributed by atoms with E-state index in [0.29, 0.717) is 32.0 Å². The number of pyridine rings is 1. The van der Waals surface area contributed by atoms with Crippen molar-refractivity contribution in [1.29, 1.82) is 0 Å². The van der Waals surface area contributed by atoms with Gasteiger partial charge in [0.1, 0.15) is 0 Å². The van der Waals surface area contributed by atoms with Crippen molar-refractivity contribution >= 4 is 35.8 Å². The highest BCUT2D eigenvalue weighted by atomic mass is 127. The van der Waals surface area contributed by atoms with E-state index < -0.39 is 0 Å². The van der Waals surface area contributed by atoms with E-state index in [1.165, 1.54) is 32.1 Å². The molecular weight excluding hydrogens is 453 g/mol. The van der Waals surface area contributed by atoms with Gasteiger partial charge in [-0.15, -0.1) is 24.0 Å². The second kappa shape index (κ2) is 14.6. The summed E-state index contributed by atoms with van der Waals surface area (Å²) in [5.74, 6) is 1.54. The molecule has 1 saturated carbocycles. The van der Waals surface area contributed by atoms with Crippen LogP contribution in [0.4, 0.5) is 0 Å². The molecule has 1 aliphatic rings. The fraction of sp³-hybridized carbons (Fsp3) is 0.650. The molecule has 27 heavy (non-hydrogen) atoms. The number of aromatic nitrogens is 1. The Morgan fingerprint density at radius 2 is 1.93 bits per heavy atom. The van der Waals surface area contributed by atoms with E-state index in [4.69, 9.17) is 0 Å². The van der Waals surface area contributed by atoms with Crippen molar-refractivity contribution in [2.75, 3.05) is 26.2 Å². The molecule has 1 amide bonds. The molecule has 0 atom stereocenters. The van der Waals surface area contributed by atoms with Crippen LogP contribution in [0, 0.1) is 5.92 Å². The summed E-state index contributed by atoms with van der Waals surface area (Å²) < 4.78 is 0. The van der Waals surface area contributed by atoms with Crippen LogP contribution in [0.25, 0.3) is 0 Å². The average molecular weight is 487 g/mol. The van der Waals surface area contributed by atoms with Gasteiger partial charge in [0.25, 0.3) is 0 Å². The van der Waals surface area contributed by atoms with E-state index in [1.54, 1.807) is 6.20 Å². The van der Waals surface area contributed by atoms with Gasteiger partial charge in [0.05, 0.1) is 0 Å². The number of carbonyl (C=O) groups is 1. The lowest BCUT2D eigenvalue weighted by atomic mass is 9.87. The lowest BCUT2D eigenvalue weighted by Gasteiger charge is -2.20. The lowest BCUT2D eigenvalue weighted by molar-refractivity contribution is -0.122. The smallest absolute Gasteiger partial charge is 0.220 e. The van der Waals surface area contributed by atoms with Crippen molar-refractivity contribution in [1.82, 2.24) is 20.9 Å². The first-order valence-corrected chi connectivity index (χ1v) is 9.96. The molecule has 6 nitrogen and oxygen atoms in total. The number of nitrogens with one attached hydrogen (secondary N) is 3. The summed E-state index contributed by atoms with van der Waals surface area (Å²) in [6.07, 6.45) is 9.60. The van der Waals surface area contributed by atoms with Gasteiger partial charge in [-0.05, 0) is 37.8 Å². The molecule has 0 radical (unpaired) electrons. The third-order valence-corrected chi connectivity index (χ3v) is 4.65. The highest BCUT2D eigenvalue weighted by Gasteiger charge is 2.16. The molecule has 0 bridgehead atoms. The van der Waals surface area contributed by atoms with Crippen LogP contribution in [-0.4, -0.2) is 43.0 Å². The molecule has 0 aromatic carbocycles. The maximum Gasteiger partial charge on any atom is 0.220 e. The molecule has 152 valence electrons. The van der Waals surface area contributed by atoms with E-state index >= 15 is 0 Å². The van der Waals surface area contributed by atoms with Crippen LogP contribution in [0.3, 0.4) is 0 Å². The van der Waals surface area contributed by atoms with Crippen molar-refractivity contribution in [2.24, 2.45) is 10.9 Å². The Balaban J connectivity index is 0.00000364. The third kappa shape index (κ3) is 10.5. The number of rotatable bonds is 9. The highest BCUT2D eigenvalue weighted by molar-refractivity contribution is 14.0. The Hall–Kier alpha value is -1.38. The molecule has 1 aromatic rings. The van der Waals surface area contributed by atoms with Crippen LogP contribution in [-0.2, 0) is 11.2 Å². The highest BCUT2D eigenvalue weighted by Crippen LogP contribution is 2.25. The number of nitrogens with zero attached hydrogens (tertiary/aromatic N) is 2. The Labute approximate surface area is 180 Å². The average Bonchev–Trinajstić information content (AvgIpc) is 2.67. The topological polar surface area (TPSA) is 78.4 Å². The van der Waals surface area contributed by atoms with Crippen LogP contribution in [0.15, 0.2) is 29.4 Å². The van der Waals surface area contributed by atoms with Crippen LogP contribution < -0.4 is 16.0 Å². The minimum absolute atomic E-state index is 0. The maximum atomic E-state index is 12.0. The quantitative estimate of drug-likeness (QED) is 0.217. The van der Waals surface area contributed by atoms with Gasteiger partial charge in [-0.2, -0.15) is 0 Å². The summed E-state index contributed by atoms with van der Waals surface area (Å²) in [5, 5.41) is 9.51. The normalized spacial score (nSPS) is 14.9. The summed E-state index contributed by atoms with van der Waals surface area (Å²) in [5.41, 5.74) is 1.04. The molecule has 0 aliphatic heterocycles. The van der Waals surface area contributed by atoms with Crippen LogP contribution in [0.5, 0.6) is 0 Å². The molecule has 2 rings (SSSR count). The van der Waals surface area contributed by atoms with Gasteiger partial charge in [-0.3, -0.25) is 14.8 Å². The first-order valence-electron chi connectivity index (χ1n) is 9.96. The van der Waals surface area contributed by atoms with Gasteiger partial charge in [0, 0.05) is 50.9 Å². The number of halogens is 1. The minimum Gasteiger partial charge on any atom is -0.357 e. The zero-order valence-electron chi connectivity index (χ0n) is 16.4. The molecule has 1 aliphatic carbocycles. The molecule has 1 aromatic heterocycles. The zero-order chi connectivity index (χ0) is 18.5. The molecule has 0 spiro atoms. The summed E-state index contributed by atoms with van der Waals surface area (Å²) in [6, 6.07) is 5.92. The van der Waals surface area contributed by atoms with E-state index in [1.807, 2.05) is 25.1 Å². The molecular formula is C20H34IN5O. The number of aliphatic imine (C=N–C) groups is 1. The predicted molar refractivity (Wildman–Crippen MR) is 122 cm³/mol. The molecule has 0 saturated heterocycles. The van der Waals surface area contributed by atoms with Gasteiger partial charge in [-0.25, -0.2) is 0 Å². The van der Waals surface area contributed by atoms with Crippen molar-refractivity contribution in [3.05, 3.63) is 30.1 Å². The third-order valence-electron chi connectivity index (χ3n) is 4.65. The van der Waals surface area contributed by atoms with E-state index in [0.717, 1.165) is 24.6 Å². The van der Waals surface area contributed by atoms with Gasteiger partial charge in [0.15, 0.2) is 5.96 Å². The van der Waals surface area contributed by atoms with Gasteiger partial charge in [-0.1, -0.05) is 25.3 Å². The Morgan fingerprint density at radius 3 is 2.63 bits per heavy atom. The van der Waals surface area contributed by atoms with Crippen molar-refractivity contribution in [3.63, 3.8) is 0 Å². The molecule has 3 N–H and O–H groups in total. The van der Waals surface area contributed by atoms with Gasteiger partial charge in [0.2, 0.25) is 5.91 Å². The fourth-order valence-corrected chi connectivity index (χ4v) is 3.28. The van der Waals surface area contributed by atoms with Gasteiger partial charge < -0.3 is 16.0 Å². The van der Waals surface area contributed by atoms with Crippen molar-refractivity contribution in [3.8, 4) is 0 Å². The first-order chi connectivity index (χ1) is 12.8. The van der Waals surface area contributed by atoms with Crippen LogP contribution in [0.2, 0.25) is 0 Å². The van der Waals surface area contributed by atoms with Crippen LogP contribution >= 0.6 is 24.0 Å². The number of hydrogen-bond acceptors (Lipinski definition) is 3. The Morgan fingerprint density at radius 1 is 1.15 bits per heavy atom. The number of carbonyl (C=O) groups excluding carboxylic acids is 1. The number of amides is 1. The van der Waals surface area contributed by atoms with Crippen molar-refractivity contribution in [2.45, 2.75) is 51.9 Å². The summed E-state index contributed by atoms with van der Waals surface area (Å²) in [7, 11) is 0. The maximum absolute atomic E-state index is 12.0. The first kappa shape index (κ1) is 23.7. The summed E-state index contributed by atoms with van der Waals surface area (Å²) in [4.78, 5) is 20.9. The van der Waals surface area contributed by atoms with E-state index in [2.05, 4.69) is 25.9 Å². The molecule has 0 unspecified atom stereocenters.